The summed E-state index contributed by atoms with van der Waals surface area (Å²) in [4.78, 5) is 16.6. The second kappa shape index (κ2) is 5.73. The quantitative estimate of drug-likeness (QED) is 0.760. The molecule has 5 heteroatoms. The summed E-state index contributed by atoms with van der Waals surface area (Å²) in [6, 6.07) is 13.2. The lowest BCUT2D eigenvalue weighted by atomic mass is 10.2. The van der Waals surface area contributed by atoms with Gasteiger partial charge in [-0.25, -0.2) is 9.67 Å². The molecule has 2 N–H and O–H groups in total. The van der Waals surface area contributed by atoms with Crippen LogP contribution in [0, 0.1) is 6.92 Å². The van der Waals surface area contributed by atoms with Gasteiger partial charge in [0.1, 0.15) is 5.82 Å². The van der Waals surface area contributed by atoms with Crippen molar-refractivity contribution < 1.29 is 0 Å². The fourth-order valence-electron chi connectivity index (χ4n) is 2.11. The summed E-state index contributed by atoms with van der Waals surface area (Å²) < 4.78 is 1.48. The zero-order valence-corrected chi connectivity index (χ0v) is 12.2. The van der Waals surface area contributed by atoms with Crippen molar-refractivity contribution in [2.24, 2.45) is 0 Å². The number of aromatic amines is 1. The van der Waals surface area contributed by atoms with Gasteiger partial charge in [0, 0.05) is 12.4 Å². The highest BCUT2D eigenvalue weighted by molar-refractivity contribution is 5.48. The van der Waals surface area contributed by atoms with E-state index in [1.165, 1.54) is 4.68 Å². The minimum atomic E-state index is -0.155. The van der Waals surface area contributed by atoms with Crippen molar-refractivity contribution in [1.82, 2.24) is 14.8 Å². The molecule has 0 atom stereocenters. The lowest BCUT2D eigenvalue weighted by Gasteiger charge is -2.01. The summed E-state index contributed by atoms with van der Waals surface area (Å²) in [6.45, 7) is 5.89. The molecule has 1 aromatic carbocycles. The molecule has 0 aliphatic carbocycles. The first-order valence-corrected chi connectivity index (χ1v) is 6.90. The van der Waals surface area contributed by atoms with E-state index >= 15 is 0 Å². The van der Waals surface area contributed by atoms with Crippen molar-refractivity contribution in [2.75, 3.05) is 5.32 Å². The van der Waals surface area contributed by atoms with Gasteiger partial charge in [0.15, 0.2) is 0 Å². The molecule has 3 rings (SSSR count). The summed E-state index contributed by atoms with van der Waals surface area (Å²) >= 11 is 0. The molecular formula is C17H16N4O. The molecule has 0 unspecified atom stereocenters. The summed E-state index contributed by atoms with van der Waals surface area (Å²) in [5, 5.41) is 7.02. The molecule has 0 saturated carbocycles. The Balaban J connectivity index is 2.02. The molecule has 22 heavy (non-hydrogen) atoms. The number of rotatable bonds is 3. The molecule has 2 aromatic heterocycles. The molecule has 0 aliphatic rings. The lowest BCUT2D eigenvalue weighted by Crippen LogP contribution is -2.34. The number of hydrogen-bond donors (Lipinski definition) is 2. The Labute approximate surface area is 127 Å². The number of hydrogen-bond acceptors (Lipinski definition) is 3. The van der Waals surface area contributed by atoms with Gasteiger partial charge >= 0.3 is 0 Å². The maximum atomic E-state index is 12.5. The third kappa shape index (κ3) is 2.69. The minimum absolute atomic E-state index is 0.155. The SMILES string of the molecule is C=c1[nH]n(-c2ccc(C)cc2)c(=O)c1=CNc1ccccn1. The predicted molar refractivity (Wildman–Crippen MR) is 88.2 cm³/mol. The lowest BCUT2D eigenvalue weighted by molar-refractivity contribution is 0.838. The van der Waals surface area contributed by atoms with Gasteiger partial charge < -0.3 is 5.32 Å². The van der Waals surface area contributed by atoms with Gasteiger partial charge in [-0.05, 0) is 31.2 Å². The first-order chi connectivity index (χ1) is 10.6. The van der Waals surface area contributed by atoms with Crippen molar-refractivity contribution >= 4 is 18.6 Å². The van der Waals surface area contributed by atoms with E-state index in [-0.39, 0.29) is 5.56 Å². The number of benzene rings is 1. The highest BCUT2D eigenvalue weighted by Gasteiger charge is 2.04. The molecule has 0 amide bonds. The van der Waals surface area contributed by atoms with Crippen LogP contribution in [0.15, 0.2) is 53.5 Å². The molecule has 110 valence electrons. The number of aryl methyl sites for hydroxylation is 1. The Hall–Kier alpha value is -3.08. The maximum Gasteiger partial charge on any atom is 0.280 e. The molecular weight excluding hydrogens is 276 g/mol. The van der Waals surface area contributed by atoms with Crippen LogP contribution in [0.5, 0.6) is 0 Å². The van der Waals surface area contributed by atoms with Crippen LogP contribution in [0.25, 0.3) is 18.5 Å². The molecule has 0 spiro atoms. The number of aromatic nitrogens is 3. The Morgan fingerprint density at radius 1 is 1.23 bits per heavy atom. The van der Waals surface area contributed by atoms with E-state index in [0.717, 1.165) is 11.3 Å². The van der Waals surface area contributed by atoms with Crippen molar-refractivity contribution in [2.45, 2.75) is 6.92 Å². The van der Waals surface area contributed by atoms with Crippen molar-refractivity contribution in [3.8, 4) is 5.69 Å². The molecule has 0 radical (unpaired) electrons. The van der Waals surface area contributed by atoms with E-state index in [4.69, 9.17) is 0 Å². The zero-order chi connectivity index (χ0) is 15.5. The Morgan fingerprint density at radius 2 is 2.00 bits per heavy atom. The smallest absolute Gasteiger partial charge is 0.280 e. The Kier molecular flexibility index (Phi) is 3.62. The zero-order valence-electron chi connectivity index (χ0n) is 12.2. The Bertz CT molecular complexity index is 937. The standard InChI is InChI=1S/C17H16N4O/c1-12-6-8-14(9-7-12)21-17(22)15(13(2)20-21)11-19-16-5-3-4-10-18-16/h3-11,20H,2H2,1H3,(H,18,19). The van der Waals surface area contributed by atoms with E-state index in [0.29, 0.717) is 16.4 Å². The topological polar surface area (TPSA) is 62.7 Å². The molecule has 5 nitrogen and oxygen atoms in total. The van der Waals surface area contributed by atoms with Gasteiger partial charge in [-0.1, -0.05) is 30.3 Å². The van der Waals surface area contributed by atoms with Crippen molar-refractivity contribution in [3.63, 3.8) is 0 Å². The average Bonchev–Trinajstić information content (AvgIpc) is 2.82. The first-order valence-electron chi connectivity index (χ1n) is 6.90. The van der Waals surface area contributed by atoms with Crippen LogP contribution < -0.4 is 21.4 Å². The number of nitrogens with zero attached hydrogens (tertiary/aromatic N) is 2. The van der Waals surface area contributed by atoms with Crippen LogP contribution in [-0.4, -0.2) is 14.8 Å². The highest BCUT2D eigenvalue weighted by atomic mass is 16.1. The third-order valence-corrected chi connectivity index (χ3v) is 3.33. The van der Waals surface area contributed by atoms with E-state index in [1.54, 1.807) is 12.4 Å². The monoisotopic (exact) mass is 292 g/mol. The van der Waals surface area contributed by atoms with E-state index < -0.39 is 0 Å². The van der Waals surface area contributed by atoms with E-state index in [2.05, 4.69) is 22.0 Å². The van der Waals surface area contributed by atoms with E-state index in [1.807, 2.05) is 49.4 Å². The molecule has 0 saturated heterocycles. The summed E-state index contributed by atoms with van der Waals surface area (Å²) in [6.07, 6.45) is 3.30. The van der Waals surface area contributed by atoms with Crippen LogP contribution in [0.4, 0.5) is 5.82 Å². The fraction of sp³-hybridized carbons (Fsp3) is 0.0588. The van der Waals surface area contributed by atoms with Crippen LogP contribution in [0.3, 0.4) is 0 Å². The van der Waals surface area contributed by atoms with Gasteiger partial charge in [-0.15, -0.1) is 0 Å². The molecule has 0 bridgehead atoms. The normalized spacial score (nSPS) is 11.6. The maximum absolute atomic E-state index is 12.5. The van der Waals surface area contributed by atoms with Crippen molar-refractivity contribution in [1.29, 1.82) is 0 Å². The number of H-pyrrole nitrogens is 1. The average molecular weight is 292 g/mol. The molecule has 3 aromatic rings. The van der Waals surface area contributed by atoms with Crippen LogP contribution in [-0.2, 0) is 0 Å². The van der Waals surface area contributed by atoms with Crippen LogP contribution >= 0.6 is 0 Å². The van der Waals surface area contributed by atoms with E-state index in [9.17, 15) is 4.79 Å². The predicted octanol–water partition coefficient (Wildman–Crippen LogP) is 1.13. The number of nitrogens with one attached hydrogen (secondary N) is 2. The number of pyridine rings is 1. The largest absolute Gasteiger partial charge is 0.346 e. The molecule has 2 heterocycles. The summed E-state index contributed by atoms with van der Waals surface area (Å²) in [5.74, 6) is 0.671. The van der Waals surface area contributed by atoms with Crippen LogP contribution in [0.2, 0.25) is 0 Å². The third-order valence-electron chi connectivity index (χ3n) is 3.33. The van der Waals surface area contributed by atoms with Gasteiger partial charge in [-0.2, -0.15) is 0 Å². The minimum Gasteiger partial charge on any atom is -0.346 e. The fourth-order valence-corrected chi connectivity index (χ4v) is 2.11. The van der Waals surface area contributed by atoms with Gasteiger partial charge in [0.25, 0.3) is 5.56 Å². The second-order valence-electron chi connectivity index (χ2n) is 4.98. The number of anilines is 1. The van der Waals surface area contributed by atoms with Gasteiger partial charge in [0.05, 0.1) is 16.3 Å². The van der Waals surface area contributed by atoms with Gasteiger partial charge in [-0.3, -0.25) is 9.89 Å². The second-order valence-corrected chi connectivity index (χ2v) is 4.98. The van der Waals surface area contributed by atoms with Crippen molar-refractivity contribution in [3.05, 3.63) is 75.1 Å². The van der Waals surface area contributed by atoms with Crippen LogP contribution in [0.1, 0.15) is 5.56 Å². The summed E-state index contributed by atoms with van der Waals surface area (Å²) in [5.41, 5.74) is 1.76. The van der Waals surface area contributed by atoms with Gasteiger partial charge in [0.2, 0.25) is 0 Å². The molecule has 0 aliphatic heterocycles. The highest BCUT2D eigenvalue weighted by Crippen LogP contribution is 2.04. The molecule has 0 fully saturated rings. The summed E-state index contributed by atoms with van der Waals surface area (Å²) in [7, 11) is 0. The first kappa shape index (κ1) is 13.9. The Morgan fingerprint density at radius 3 is 2.68 bits per heavy atom.